The predicted octanol–water partition coefficient (Wildman–Crippen LogP) is 3.63. The van der Waals surface area contributed by atoms with Gasteiger partial charge in [-0.3, -0.25) is 4.79 Å². The van der Waals surface area contributed by atoms with Crippen molar-refractivity contribution >= 4 is 17.6 Å². The Morgan fingerprint density at radius 3 is 2.29 bits per heavy atom. The number of rotatable bonds is 8. The number of urea groups is 1. The maximum atomic E-state index is 12.1. The molecule has 3 amide bonds. The fourth-order valence-corrected chi connectivity index (χ4v) is 2.96. The molecule has 0 aromatic heterocycles. The number of ether oxygens (including phenoxy) is 1. The van der Waals surface area contributed by atoms with E-state index in [0.717, 1.165) is 33.7 Å². The molecular formula is C22H29N3O3. The highest BCUT2D eigenvalue weighted by molar-refractivity contribution is 5.95. The lowest BCUT2D eigenvalue weighted by molar-refractivity contribution is -0.115. The van der Waals surface area contributed by atoms with Crippen molar-refractivity contribution in [2.75, 3.05) is 25.0 Å². The second-order valence-electron chi connectivity index (χ2n) is 6.90. The van der Waals surface area contributed by atoms with Gasteiger partial charge in [-0.1, -0.05) is 35.9 Å². The van der Waals surface area contributed by atoms with Crippen LogP contribution in [-0.4, -0.2) is 31.6 Å². The smallest absolute Gasteiger partial charge is 0.315 e. The summed E-state index contributed by atoms with van der Waals surface area (Å²) in [5, 5.41) is 8.15. The van der Waals surface area contributed by atoms with Crippen LogP contribution in [0.5, 0.6) is 5.75 Å². The van der Waals surface area contributed by atoms with Crippen molar-refractivity contribution in [3.8, 4) is 5.75 Å². The maximum absolute atomic E-state index is 12.1. The van der Waals surface area contributed by atoms with Crippen molar-refractivity contribution in [3.63, 3.8) is 0 Å². The molecule has 0 saturated carbocycles. The molecule has 2 aromatic rings. The molecule has 2 rings (SSSR count). The standard InChI is InChI=1S/C22H29N3O3/c1-15-12-17(3)21(18(4)13-15)25-20(26)14-24-22(27)23-10-7-11-28-19-9-6-5-8-16(19)2/h5-6,8-9,12-13H,7,10-11,14H2,1-4H3,(H,25,26)(H2,23,24,27). The van der Waals surface area contributed by atoms with E-state index >= 15 is 0 Å². The summed E-state index contributed by atoms with van der Waals surface area (Å²) in [4.78, 5) is 23.9. The zero-order valence-corrected chi connectivity index (χ0v) is 17.0. The average Bonchev–Trinajstić information content (AvgIpc) is 2.64. The quantitative estimate of drug-likeness (QED) is 0.609. The van der Waals surface area contributed by atoms with Crippen molar-refractivity contribution in [1.29, 1.82) is 0 Å². The number of para-hydroxylation sites is 1. The van der Waals surface area contributed by atoms with E-state index in [1.807, 2.05) is 64.1 Å². The monoisotopic (exact) mass is 383 g/mol. The van der Waals surface area contributed by atoms with E-state index in [1.165, 1.54) is 0 Å². The van der Waals surface area contributed by atoms with Crippen LogP contribution in [0.2, 0.25) is 0 Å². The second-order valence-corrected chi connectivity index (χ2v) is 6.90. The molecule has 0 saturated heterocycles. The van der Waals surface area contributed by atoms with Crippen LogP contribution in [-0.2, 0) is 4.79 Å². The number of hydrogen-bond acceptors (Lipinski definition) is 3. The van der Waals surface area contributed by atoms with Gasteiger partial charge in [0.25, 0.3) is 0 Å². The Morgan fingerprint density at radius 1 is 0.929 bits per heavy atom. The molecule has 0 bridgehead atoms. The van der Waals surface area contributed by atoms with E-state index in [0.29, 0.717) is 19.6 Å². The van der Waals surface area contributed by atoms with E-state index in [2.05, 4.69) is 16.0 Å². The van der Waals surface area contributed by atoms with Crippen LogP contribution in [0.4, 0.5) is 10.5 Å². The van der Waals surface area contributed by atoms with Crippen LogP contribution < -0.4 is 20.7 Å². The molecule has 6 nitrogen and oxygen atoms in total. The number of anilines is 1. The summed E-state index contributed by atoms with van der Waals surface area (Å²) in [6.45, 7) is 8.81. The number of amides is 3. The van der Waals surface area contributed by atoms with Crippen molar-refractivity contribution in [1.82, 2.24) is 10.6 Å². The molecule has 0 aliphatic rings. The maximum Gasteiger partial charge on any atom is 0.315 e. The molecule has 28 heavy (non-hydrogen) atoms. The Labute approximate surface area is 166 Å². The van der Waals surface area contributed by atoms with Gasteiger partial charge >= 0.3 is 6.03 Å². The largest absolute Gasteiger partial charge is 0.493 e. The molecule has 0 heterocycles. The zero-order chi connectivity index (χ0) is 20.5. The first-order valence-electron chi connectivity index (χ1n) is 9.44. The minimum Gasteiger partial charge on any atom is -0.493 e. The SMILES string of the molecule is Cc1cc(C)c(NC(=O)CNC(=O)NCCCOc2ccccc2C)c(C)c1. The Hall–Kier alpha value is -3.02. The molecular weight excluding hydrogens is 354 g/mol. The van der Waals surface area contributed by atoms with Crippen molar-refractivity contribution in [2.45, 2.75) is 34.1 Å². The van der Waals surface area contributed by atoms with E-state index in [-0.39, 0.29) is 18.5 Å². The number of benzene rings is 2. The molecule has 0 unspecified atom stereocenters. The number of hydrogen-bond donors (Lipinski definition) is 3. The molecule has 0 atom stereocenters. The molecule has 0 radical (unpaired) electrons. The van der Waals surface area contributed by atoms with Crippen LogP contribution in [0.25, 0.3) is 0 Å². The summed E-state index contributed by atoms with van der Waals surface area (Å²) in [5.41, 5.74) is 5.04. The number of carbonyl (C=O) groups excluding carboxylic acids is 2. The third-order valence-electron chi connectivity index (χ3n) is 4.31. The average molecular weight is 383 g/mol. The van der Waals surface area contributed by atoms with Crippen molar-refractivity contribution < 1.29 is 14.3 Å². The predicted molar refractivity (Wildman–Crippen MR) is 112 cm³/mol. The van der Waals surface area contributed by atoms with E-state index in [9.17, 15) is 9.59 Å². The van der Waals surface area contributed by atoms with Gasteiger partial charge in [-0.2, -0.15) is 0 Å². The van der Waals surface area contributed by atoms with Crippen LogP contribution in [0.1, 0.15) is 28.7 Å². The van der Waals surface area contributed by atoms with Crippen molar-refractivity contribution in [3.05, 3.63) is 58.7 Å². The normalized spacial score (nSPS) is 10.3. The third-order valence-corrected chi connectivity index (χ3v) is 4.31. The number of carbonyl (C=O) groups is 2. The summed E-state index contributed by atoms with van der Waals surface area (Å²) in [7, 11) is 0. The van der Waals surface area contributed by atoms with Gasteiger partial charge in [-0.05, 0) is 56.9 Å². The van der Waals surface area contributed by atoms with Gasteiger partial charge < -0.3 is 20.7 Å². The van der Waals surface area contributed by atoms with E-state index in [1.54, 1.807) is 0 Å². The Bertz CT molecular complexity index is 811. The summed E-state index contributed by atoms with van der Waals surface area (Å²) in [6.07, 6.45) is 0.676. The van der Waals surface area contributed by atoms with Gasteiger partial charge in [-0.15, -0.1) is 0 Å². The molecule has 0 spiro atoms. The lowest BCUT2D eigenvalue weighted by Gasteiger charge is -2.13. The lowest BCUT2D eigenvalue weighted by atomic mass is 10.1. The highest BCUT2D eigenvalue weighted by Crippen LogP contribution is 2.21. The Morgan fingerprint density at radius 2 is 1.61 bits per heavy atom. The Kier molecular flexibility index (Phi) is 7.87. The molecule has 6 heteroatoms. The summed E-state index contributed by atoms with van der Waals surface area (Å²) >= 11 is 0. The van der Waals surface area contributed by atoms with Crippen molar-refractivity contribution in [2.24, 2.45) is 0 Å². The first kappa shape index (κ1) is 21.3. The fourth-order valence-electron chi connectivity index (χ4n) is 2.96. The van der Waals surface area contributed by atoms with Crippen LogP contribution in [0.3, 0.4) is 0 Å². The number of aryl methyl sites for hydroxylation is 4. The minimum absolute atomic E-state index is 0.0850. The molecule has 0 fully saturated rings. The highest BCUT2D eigenvalue weighted by Gasteiger charge is 2.09. The first-order valence-corrected chi connectivity index (χ1v) is 9.44. The van der Waals surface area contributed by atoms with Crippen LogP contribution in [0.15, 0.2) is 36.4 Å². The molecule has 0 aliphatic heterocycles. The van der Waals surface area contributed by atoms with Gasteiger partial charge in [0, 0.05) is 12.2 Å². The minimum atomic E-state index is -0.372. The summed E-state index contributed by atoms with van der Waals surface area (Å²) < 4.78 is 5.68. The van der Waals surface area contributed by atoms with Crippen LogP contribution >= 0.6 is 0 Å². The Balaban J connectivity index is 1.64. The van der Waals surface area contributed by atoms with Gasteiger partial charge in [-0.25, -0.2) is 4.79 Å². The third kappa shape index (κ3) is 6.61. The number of nitrogens with one attached hydrogen (secondary N) is 3. The van der Waals surface area contributed by atoms with E-state index < -0.39 is 0 Å². The first-order chi connectivity index (χ1) is 13.4. The van der Waals surface area contributed by atoms with E-state index in [4.69, 9.17) is 4.74 Å². The van der Waals surface area contributed by atoms with Crippen LogP contribution in [0, 0.1) is 27.7 Å². The lowest BCUT2D eigenvalue weighted by Crippen LogP contribution is -2.40. The van der Waals surface area contributed by atoms with Gasteiger partial charge in [0.15, 0.2) is 0 Å². The van der Waals surface area contributed by atoms with Gasteiger partial charge in [0.2, 0.25) is 5.91 Å². The topological polar surface area (TPSA) is 79.5 Å². The molecule has 3 N–H and O–H groups in total. The molecule has 2 aromatic carbocycles. The van der Waals surface area contributed by atoms with Gasteiger partial charge in [0.1, 0.15) is 5.75 Å². The molecule has 0 aliphatic carbocycles. The van der Waals surface area contributed by atoms with Gasteiger partial charge in [0.05, 0.1) is 13.2 Å². The zero-order valence-electron chi connectivity index (χ0n) is 17.0. The summed E-state index contributed by atoms with van der Waals surface area (Å²) in [6, 6.07) is 11.5. The fraction of sp³-hybridized carbons (Fsp3) is 0.364. The second kappa shape index (κ2) is 10.3. The highest BCUT2D eigenvalue weighted by atomic mass is 16.5. The molecule has 150 valence electrons. The summed E-state index contributed by atoms with van der Waals surface area (Å²) in [5.74, 6) is 0.596.